The summed E-state index contributed by atoms with van der Waals surface area (Å²) in [5.41, 5.74) is 6.53. The highest BCUT2D eigenvalue weighted by Gasteiger charge is 2.18. The van der Waals surface area contributed by atoms with Crippen LogP contribution in [0.3, 0.4) is 0 Å². The smallest absolute Gasteiger partial charge is 0.352 e. The lowest BCUT2D eigenvalue weighted by Gasteiger charge is -2.11. The molecular formula is C35H46N4O13. The van der Waals surface area contributed by atoms with Crippen molar-refractivity contribution in [2.45, 2.75) is 73.5 Å². The zero-order valence-electron chi connectivity index (χ0n) is 29.8. The Morgan fingerprint density at radius 1 is 0.692 bits per heavy atom. The van der Waals surface area contributed by atoms with Gasteiger partial charge in [-0.2, -0.15) is 0 Å². The lowest BCUT2D eigenvalue weighted by Crippen LogP contribution is -2.11. The number of carbonyl (C=O) groups excluding carboxylic acids is 2. The maximum atomic E-state index is 11.4. The van der Waals surface area contributed by atoms with Crippen molar-refractivity contribution in [2.75, 3.05) is 13.2 Å². The highest BCUT2D eigenvalue weighted by Crippen LogP contribution is 2.20. The molecule has 17 nitrogen and oxygen atoms in total. The van der Waals surface area contributed by atoms with Crippen LogP contribution in [0.25, 0.3) is 0 Å². The molecule has 4 heterocycles. The van der Waals surface area contributed by atoms with Crippen LogP contribution in [0.5, 0.6) is 0 Å². The van der Waals surface area contributed by atoms with E-state index < -0.39 is 30.2 Å². The van der Waals surface area contributed by atoms with E-state index in [1.165, 1.54) is 6.07 Å². The number of hydrogen-bond acceptors (Lipinski definition) is 9. The minimum atomic E-state index is -1.13. The average Bonchev–Trinajstić information content (AvgIpc) is 3.80. The van der Waals surface area contributed by atoms with Crippen LogP contribution < -0.4 is 0 Å². The third-order valence-corrected chi connectivity index (χ3v) is 6.64. The summed E-state index contributed by atoms with van der Waals surface area (Å²) in [5.74, 6) is -4.21. The van der Waals surface area contributed by atoms with E-state index in [1.54, 1.807) is 40.0 Å². The van der Waals surface area contributed by atoms with Crippen molar-refractivity contribution in [3.8, 4) is 0 Å². The number of H-pyrrole nitrogens is 4. The van der Waals surface area contributed by atoms with Crippen molar-refractivity contribution < 1.29 is 63.8 Å². The standard InChI is InChI=1S/C12H19NO4.C8H9NO4.C8H9NO3.C7H9NO2/c1-4-16-10(14)7-9-6-8(3)13-11(9)12(15)17-5-2;1-4-2-5(3-6(10)11)7(9-4)8(12)13;1-5-2-6(3-8(11)12)7(4-10)9-5;1-5-2-6(4-8-5)3-7(9)10/h6,12-13,15H,4-5,7H2,1-3H3;2,9H,3H2,1H3,(H,10,11)(H,12,13);2,4,9H,3H2,1H3,(H,11,12);2,4,8H,3H2,1H3,(H,9,10). The van der Waals surface area contributed by atoms with E-state index in [2.05, 4.69) is 19.9 Å². The Kier molecular flexibility index (Phi) is 18.6. The van der Waals surface area contributed by atoms with Gasteiger partial charge in [-0.25, -0.2) is 4.79 Å². The van der Waals surface area contributed by atoms with E-state index in [9.17, 15) is 33.9 Å². The van der Waals surface area contributed by atoms with Crippen molar-refractivity contribution in [3.63, 3.8) is 0 Å². The molecule has 0 saturated carbocycles. The fraction of sp³-hybridized carbons (Fsp3) is 0.371. The van der Waals surface area contributed by atoms with Crippen LogP contribution >= 0.6 is 0 Å². The predicted molar refractivity (Wildman–Crippen MR) is 185 cm³/mol. The van der Waals surface area contributed by atoms with Crippen LogP contribution in [0.4, 0.5) is 0 Å². The number of nitrogens with one attached hydrogen (secondary N) is 4. The van der Waals surface area contributed by atoms with E-state index in [0.717, 1.165) is 22.6 Å². The summed E-state index contributed by atoms with van der Waals surface area (Å²) in [6, 6.07) is 6.83. The maximum Gasteiger partial charge on any atom is 0.352 e. The highest BCUT2D eigenvalue weighted by atomic mass is 16.6. The monoisotopic (exact) mass is 730 g/mol. The van der Waals surface area contributed by atoms with Crippen LogP contribution in [-0.2, 0) is 54.3 Å². The zero-order chi connectivity index (χ0) is 39.5. The Morgan fingerprint density at radius 2 is 1.23 bits per heavy atom. The number of esters is 1. The molecule has 284 valence electrons. The molecule has 0 saturated heterocycles. The van der Waals surface area contributed by atoms with Gasteiger partial charge in [-0.1, -0.05) is 0 Å². The molecule has 4 aromatic rings. The van der Waals surface area contributed by atoms with Crippen LogP contribution in [0.15, 0.2) is 30.5 Å². The number of carboxylic acid groups (broad SMARTS) is 4. The first-order valence-corrected chi connectivity index (χ1v) is 15.9. The minimum Gasteiger partial charge on any atom is -0.481 e. The van der Waals surface area contributed by atoms with Gasteiger partial charge in [0, 0.05) is 35.6 Å². The predicted octanol–water partition coefficient (Wildman–Crippen LogP) is 3.82. The largest absolute Gasteiger partial charge is 0.481 e. The molecule has 0 aliphatic rings. The molecule has 4 rings (SSSR count). The molecule has 0 aromatic carbocycles. The van der Waals surface area contributed by atoms with Gasteiger partial charge in [-0.05, 0) is 88.1 Å². The van der Waals surface area contributed by atoms with Crippen molar-refractivity contribution in [1.82, 2.24) is 19.9 Å². The second kappa shape index (κ2) is 22.0. The Bertz CT molecular complexity index is 1790. The lowest BCUT2D eigenvalue weighted by molar-refractivity contribution is -0.142. The number of rotatable bonds is 14. The van der Waals surface area contributed by atoms with Crippen molar-refractivity contribution in [1.29, 1.82) is 0 Å². The van der Waals surface area contributed by atoms with Crippen LogP contribution in [-0.4, -0.2) is 94.8 Å². The number of hydrogen-bond donors (Lipinski definition) is 9. The molecule has 4 aromatic heterocycles. The SMILES string of the molecule is CCOC(=O)Cc1cc(C)[nH]c1C(O)OCC.Cc1cc(CC(=O)O)c(C(=O)O)[nH]1.Cc1cc(CC(=O)O)c(C=O)[nH]1.Cc1cc(CC(=O)O)c[nH]1. The Hall–Kier alpha value is -5.94. The molecule has 1 unspecified atom stereocenters. The summed E-state index contributed by atoms with van der Waals surface area (Å²) in [4.78, 5) is 74.5. The molecule has 0 radical (unpaired) electrons. The number of carboxylic acids is 4. The van der Waals surface area contributed by atoms with Gasteiger partial charge in [-0.15, -0.1) is 0 Å². The minimum absolute atomic E-state index is 0.0418. The number of ether oxygens (including phenoxy) is 2. The lowest BCUT2D eigenvalue weighted by atomic mass is 10.1. The van der Waals surface area contributed by atoms with E-state index in [0.29, 0.717) is 53.3 Å². The zero-order valence-corrected chi connectivity index (χ0v) is 29.8. The molecule has 0 fully saturated rings. The van der Waals surface area contributed by atoms with Crippen LogP contribution in [0.1, 0.15) is 91.8 Å². The third kappa shape index (κ3) is 16.2. The van der Waals surface area contributed by atoms with Gasteiger partial charge in [-0.3, -0.25) is 24.0 Å². The van der Waals surface area contributed by atoms with E-state index in [-0.39, 0.29) is 37.3 Å². The molecular weight excluding hydrogens is 684 g/mol. The normalized spacial score (nSPS) is 10.7. The molecule has 1 atom stereocenters. The molecule has 17 heteroatoms. The van der Waals surface area contributed by atoms with E-state index in [4.69, 9.17) is 29.9 Å². The number of aliphatic hydroxyl groups excluding tert-OH is 1. The Balaban J connectivity index is 0.000000353. The molecule has 0 amide bonds. The van der Waals surface area contributed by atoms with Gasteiger partial charge in [0.2, 0.25) is 0 Å². The number of aromatic amines is 4. The van der Waals surface area contributed by atoms with Gasteiger partial charge in [0.25, 0.3) is 0 Å². The maximum absolute atomic E-state index is 11.4. The average molecular weight is 731 g/mol. The van der Waals surface area contributed by atoms with E-state index >= 15 is 0 Å². The second-order valence-electron chi connectivity index (χ2n) is 11.3. The summed E-state index contributed by atoms with van der Waals surface area (Å²) in [6.07, 6.45) is 1.17. The first-order chi connectivity index (χ1) is 24.4. The number of aliphatic carboxylic acids is 3. The molecule has 0 aliphatic heterocycles. The fourth-order valence-electron chi connectivity index (χ4n) is 4.71. The number of aryl methyl sites for hydroxylation is 4. The first kappa shape index (κ1) is 44.1. The van der Waals surface area contributed by atoms with Gasteiger partial charge in [0.15, 0.2) is 12.6 Å². The molecule has 52 heavy (non-hydrogen) atoms. The number of aromatic carboxylic acids is 1. The summed E-state index contributed by atoms with van der Waals surface area (Å²) >= 11 is 0. The Labute approximate surface area is 299 Å². The number of aromatic nitrogens is 4. The van der Waals surface area contributed by atoms with Gasteiger partial charge in [0.05, 0.1) is 43.7 Å². The molecule has 0 aliphatic carbocycles. The van der Waals surface area contributed by atoms with Crippen LogP contribution in [0, 0.1) is 27.7 Å². The topological polar surface area (TPSA) is 285 Å². The number of carbonyl (C=O) groups is 6. The van der Waals surface area contributed by atoms with Crippen molar-refractivity contribution in [2.24, 2.45) is 0 Å². The summed E-state index contributed by atoms with van der Waals surface area (Å²) in [7, 11) is 0. The number of aldehydes is 1. The van der Waals surface area contributed by atoms with Crippen molar-refractivity contribution >= 4 is 36.1 Å². The quantitative estimate of drug-likeness (QED) is 0.0507. The number of aliphatic hydroxyl groups is 1. The van der Waals surface area contributed by atoms with Gasteiger partial charge >= 0.3 is 29.8 Å². The molecule has 9 N–H and O–H groups in total. The first-order valence-electron chi connectivity index (χ1n) is 15.9. The highest BCUT2D eigenvalue weighted by molar-refractivity contribution is 5.89. The molecule has 0 spiro atoms. The van der Waals surface area contributed by atoms with Gasteiger partial charge in [0.1, 0.15) is 5.69 Å². The second-order valence-corrected chi connectivity index (χ2v) is 11.3. The van der Waals surface area contributed by atoms with Gasteiger partial charge < -0.3 is 54.9 Å². The van der Waals surface area contributed by atoms with Crippen LogP contribution in [0.2, 0.25) is 0 Å². The Morgan fingerprint density at radius 3 is 1.73 bits per heavy atom. The summed E-state index contributed by atoms with van der Waals surface area (Å²) < 4.78 is 9.97. The summed E-state index contributed by atoms with van der Waals surface area (Å²) in [6.45, 7) is 11.5. The third-order valence-electron chi connectivity index (χ3n) is 6.64. The molecule has 0 bridgehead atoms. The fourth-order valence-corrected chi connectivity index (χ4v) is 4.71. The van der Waals surface area contributed by atoms with E-state index in [1.807, 2.05) is 26.0 Å². The summed E-state index contributed by atoms with van der Waals surface area (Å²) in [5, 5.41) is 43.7. The van der Waals surface area contributed by atoms with Crippen molar-refractivity contribution in [3.05, 3.63) is 92.6 Å².